The Morgan fingerprint density at radius 3 is 2.77 bits per heavy atom. The van der Waals surface area contributed by atoms with E-state index in [1.807, 2.05) is 0 Å². The number of morpholine rings is 1. The van der Waals surface area contributed by atoms with Crippen molar-refractivity contribution in [2.24, 2.45) is 5.73 Å². The maximum absolute atomic E-state index is 5.72. The molecule has 1 unspecified atom stereocenters. The third kappa shape index (κ3) is 4.07. The Bertz CT molecular complexity index is 157. The number of nitrogens with two attached hydrogens (primary N) is 1. The first-order valence-electron chi connectivity index (χ1n) is 5.11. The van der Waals surface area contributed by atoms with Gasteiger partial charge in [-0.2, -0.15) is 0 Å². The lowest BCUT2D eigenvalue weighted by Gasteiger charge is -2.38. The minimum atomic E-state index is 0.0239. The molecule has 3 heteroatoms. The molecule has 1 aliphatic heterocycles. The largest absolute Gasteiger partial charge is 0.373 e. The van der Waals surface area contributed by atoms with Crippen LogP contribution in [0.1, 0.15) is 27.2 Å². The van der Waals surface area contributed by atoms with Crippen molar-refractivity contribution in [2.45, 2.75) is 38.8 Å². The third-order valence-electron chi connectivity index (χ3n) is 2.41. The Morgan fingerprint density at radius 2 is 2.23 bits per heavy atom. The first kappa shape index (κ1) is 11.0. The summed E-state index contributed by atoms with van der Waals surface area (Å²) in [7, 11) is 0. The molecule has 13 heavy (non-hydrogen) atoms. The molecule has 0 aromatic carbocycles. The normalized spacial score (nSPS) is 25.8. The summed E-state index contributed by atoms with van der Waals surface area (Å²) >= 11 is 0. The summed E-state index contributed by atoms with van der Waals surface area (Å²) < 4.78 is 5.63. The maximum Gasteiger partial charge on any atom is 0.0753 e. The molecule has 0 bridgehead atoms. The summed E-state index contributed by atoms with van der Waals surface area (Å²) in [4.78, 5) is 2.44. The third-order valence-corrected chi connectivity index (χ3v) is 2.41. The number of ether oxygens (including phenoxy) is 1. The monoisotopic (exact) mass is 186 g/mol. The van der Waals surface area contributed by atoms with Gasteiger partial charge in [-0.1, -0.05) is 0 Å². The molecule has 2 N–H and O–H groups in total. The predicted molar refractivity (Wildman–Crippen MR) is 54.7 cm³/mol. The van der Waals surface area contributed by atoms with Crippen molar-refractivity contribution < 1.29 is 4.74 Å². The first-order chi connectivity index (χ1) is 5.99. The average molecular weight is 186 g/mol. The highest BCUT2D eigenvalue weighted by Gasteiger charge is 2.26. The van der Waals surface area contributed by atoms with Gasteiger partial charge in [0.25, 0.3) is 0 Å². The lowest BCUT2D eigenvalue weighted by atomic mass is 10.1. The van der Waals surface area contributed by atoms with E-state index in [4.69, 9.17) is 10.5 Å². The van der Waals surface area contributed by atoms with E-state index in [0.29, 0.717) is 6.04 Å². The van der Waals surface area contributed by atoms with Gasteiger partial charge in [0.1, 0.15) is 0 Å². The quantitative estimate of drug-likeness (QED) is 0.709. The second kappa shape index (κ2) is 4.40. The highest BCUT2D eigenvalue weighted by atomic mass is 16.5. The van der Waals surface area contributed by atoms with Gasteiger partial charge in [-0.05, 0) is 33.7 Å². The molecule has 1 fully saturated rings. The molecule has 1 saturated heterocycles. The minimum Gasteiger partial charge on any atom is -0.373 e. The molecule has 3 nitrogen and oxygen atoms in total. The van der Waals surface area contributed by atoms with Crippen molar-refractivity contribution in [3.63, 3.8) is 0 Å². The zero-order valence-corrected chi connectivity index (χ0v) is 9.05. The number of nitrogens with zero attached hydrogens (tertiary/aromatic N) is 1. The van der Waals surface area contributed by atoms with Crippen molar-refractivity contribution in [2.75, 3.05) is 26.2 Å². The van der Waals surface area contributed by atoms with Crippen molar-refractivity contribution in [3.05, 3.63) is 0 Å². The van der Waals surface area contributed by atoms with Crippen LogP contribution in [0, 0.1) is 0 Å². The summed E-state index contributed by atoms with van der Waals surface area (Å²) in [5, 5.41) is 0. The Kier molecular flexibility index (Phi) is 3.71. The van der Waals surface area contributed by atoms with Crippen LogP contribution in [0.2, 0.25) is 0 Å². The molecule has 0 amide bonds. The lowest BCUT2D eigenvalue weighted by molar-refractivity contribution is -0.0862. The second-order valence-electron chi connectivity index (χ2n) is 4.65. The van der Waals surface area contributed by atoms with E-state index in [1.54, 1.807) is 0 Å². The molecule has 1 atom stereocenters. The highest BCUT2D eigenvalue weighted by molar-refractivity contribution is 4.79. The van der Waals surface area contributed by atoms with Gasteiger partial charge in [0.05, 0.1) is 12.2 Å². The summed E-state index contributed by atoms with van der Waals surface area (Å²) in [5.74, 6) is 0. The molecular formula is C10H22N2O. The topological polar surface area (TPSA) is 38.5 Å². The molecule has 0 aromatic rings. The molecule has 0 aliphatic carbocycles. The zero-order chi connectivity index (χ0) is 9.90. The van der Waals surface area contributed by atoms with Gasteiger partial charge in [-0.25, -0.2) is 0 Å². The highest BCUT2D eigenvalue weighted by Crippen LogP contribution is 2.16. The number of rotatable bonds is 3. The first-order valence-corrected chi connectivity index (χ1v) is 5.11. The van der Waals surface area contributed by atoms with Crippen LogP contribution in [0.15, 0.2) is 0 Å². The van der Waals surface area contributed by atoms with Crippen molar-refractivity contribution in [1.82, 2.24) is 4.90 Å². The fourth-order valence-electron chi connectivity index (χ4n) is 1.69. The van der Waals surface area contributed by atoms with Crippen LogP contribution in [-0.2, 0) is 4.74 Å². The lowest BCUT2D eigenvalue weighted by Crippen LogP contribution is -2.49. The van der Waals surface area contributed by atoms with E-state index in [0.717, 1.165) is 32.7 Å². The van der Waals surface area contributed by atoms with E-state index in [1.165, 1.54) is 0 Å². The maximum atomic E-state index is 5.72. The van der Waals surface area contributed by atoms with Gasteiger partial charge in [0, 0.05) is 19.1 Å². The Labute approximate surface area is 81.2 Å². The minimum absolute atomic E-state index is 0.0239. The van der Waals surface area contributed by atoms with Gasteiger partial charge in [-0.3, -0.25) is 4.90 Å². The molecule has 0 saturated carbocycles. The molecule has 0 radical (unpaired) electrons. The SMILES string of the molecule is CC(N)CCN1CCOC(C)(C)C1. The zero-order valence-electron chi connectivity index (χ0n) is 9.05. The van der Waals surface area contributed by atoms with Gasteiger partial charge in [0.15, 0.2) is 0 Å². The van der Waals surface area contributed by atoms with Crippen LogP contribution < -0.4 is 5.73 Å². The molecule has 1 aliphatic rings. The van der Waals surface area contributed by atoms with Gasteiger partial charge >= 0.3 is 0 Å². The van der Waals surface area contributed by atoms with Crippen LogP contribution in [-0.4, -0.2) is 42.8 Å². The number of hydrogen-bond donors (Lipinski definition) is 1. The van der Waals surface area contributed by atoms with Crippen molar-refractivity contribution >= 4 is 0 Å². The Hall–Kier alpha value is -0.120. The fraction of sp³-hybridized carbons (Fsp3) is 1.00. The Balaban J connectivity index is 2.26. The van der Waals surface area contributed by atoms with Gasteiger partial charge in [-0.15, -0.1) is 0 Å². The van der Waals surface area contributed by atoms with Crippen LogP contribution in [0.25, 0.3) is 0 Å². The molecule has 1 heterocycles. The second-order valence-corrected chi connectivity index (χ2v) is 4.65. The predicted octanol–water partition coefficient (Wildman–Crippen LogP) is 0.834. The summed E-state index contributed by atoms with van der Waals surface area (Å²) in [6.07, 6.45) is 1.08. The van der Waals surface area contributed by atoms with Crippen LogP contribution >= 0.6 is 0 Å². The Morgan fingerprint density at radius 1 is 1.54 bits per heavy atom. The summed E-state index contributed by atoms with van der Waals surface area (Å²) in [6, 6.07) is 0.311. The van der Waals surface area contributed by atoms with Crippen LogP contribution in [0.4, 0.5) is 0 Å². The van der Waals surface area contributed by atoms with Crippen LogP contribution in [0.5, 0.6) is 0 Å². The van der Waals surface area contributed by atoms with E-state index in [-0.39, 0.29) is 5.60 Å². The summed E-state index contributed by atoms with van der Waals surface area (Å²) in [6.45, 7) is 10.4. The molecule has 78 valence electrons. The van der Waals surface area contributed by atoms with Crippen molar-refractivity contribution in [3.8, 4) is 0 Å². The average Bonchev–Trinajstić information content (AvgIpc) is 1.99. The molecule has 1 rings (SSSR count). The smallest absolute Gasteiger partial charge is 0.0753 e. The fourth-order valence-corrected chi connectivity index (χ4v) is 1.69. The number of hydrogen-bond acceptors (Lipinski definition) is 3. The molecular weight excluding hydrogens is 164 g/mol. The van der Waals surface area contributed by atoms with E-state index in [2.05, 4.69) is 25.7 Å². The summed E-state index contributed by atoms with van der Waals surface area (Å²) in [5.41, 5.74) is 5.74. The van der Waals surface area contributed by atoms with Crippen molar-refractivity contribution in [1.29, 1.82) is 0 Å². The van der Waals surface area contributed by atoms with Gasteiger partial charge in [0.2, 0.25) is 0 Å². The van der Waals surface area contributed by atoms with E-state index >= 15 is 0 Å². The standard InChI is InChI=1S/C10H22N2O/c1-9(11)4-5-12-6-7-13-10(2,3)8-12/h9H,4-8,11H2,1-3H3. The van der Waals surface area contributed by atoms with E-state index < -0.39 is 0 Å². The molecule has 0 aromatic heterocycles. The molecule has 0 spiro atoms. The van der Waals surface area contributed by atoms with Crippen LogP contribution in [0.3, 0.4) is 0 Å². The van der Waals surface area contributed by atoms with Gasteiger partial charge < -0.3 is 10.5 Å². The van der Waals surface area contributed by atoms with E-state index in [9.17, 15) is 0 Å².